The first-order valence-electron chi connectivity index (χ1n) is 6.23. The van der Waals surface area contributed by atoms with Gasteiger partial charge >= 0.3 is 11.9 Å². The Labute approximate surface area is 103 Å². The fraction of sp³-hybridized carbons (Fsp3) is 0.846. The van der Waals surface area contributed by atoms with Gasteiger partial charge in [0.1, 0.15) is 0 Å². The van der Waals surface area contributed by atoms with Crippen LogP contribution in [0.25, 0.3) is 0 Å². The van der Waals surface area contributed by atoms with E-state index in [1.54, 1.807) is 13.8 Å². The van der Waals surface area contributed by atoms with Crippen LogP contribution in [0, 0.1) is 17.3 Å². The first-order valence-corrected chi connectivity index (χ1v) is 6.23. The van der Waals surface area contributed by atoms with Gasteiger partial charge in [0.05, 0.1) is 11.3 Å². The molecule has 0 rings (SSSR count). The summed E-state index contributed by atoms with van der Waals surface area (Å²) in [5, 5.41) is 18.2. The Hall–Kier alpha value is -1.06. The molecule has 2 unspecified atom stereocenters. The molecule has 4 heteroatoms. The van der Waals surface area contributed by atoms with Crippen molar-refractivity contribution in [3.05, 3.63) is 0 Å². The third kappa shape index (κ3) is 4.75. The number of aliphatic carboxylic acids is 2. The zero-order chi connectivity index (χ0) is 13.6. The molecule has 17 heavy (non-hydrogen) atoms. The summed E-state index contributed by atoms with van der Waals surface area (Å²) in [7, 11) is 0. The van der Waals surface area contributed by atoms with Gasteiger partial charge < -0.3 is 10.2 Å². The lowest BCUT2D eigenvalue weighted by Gasteiger charge is -2.30. The number of hydrogen-bond donors (Lipinski definition) is 2. The van der Waals surface area contributed by atoms with Gasteiger partial charge in [0.15, 0.2) is 0 Å². The molecule has 0 aromatic heterocycles. The molecule has 0 aliphatic carbocycles. The Morgan fingerprint density at radius 1 is 1.12 bits per heavy atom. The van der Waals surface area contributed by atoms with Crippen LogP contribution in [0.4, 0.5) is 0 Å². The van der Waals surface area contributed by atoms with Crippen molar-refractivity contribution in [1.29, 1.82) is 0 Å². The quantitative estimate of drug-likeness (QED) is 0.688. The van der Waals surface area contributed by atoms with Crippen LogP contribution in [0.2, 0.25) is 0 Å². The highest BCUT2D eigenvalue weighted by atomic mass is 16.4. The minimum atomic E-state index is -0.936. The first kappa shape index (κ1) is 15.9. The van der Waals surface area contributed by atoms with Crippen LogP contribution in [-0.2, 0) is 9.59 Å². The van der Waals surface area contributed by atoms with Gasteiger partial charge in [-0.1, -0.05) is 33.6 Å². The van der Waals surface area contributed by atoms with E-state index in [-0.39, 0.29) is 6.42 Å². The van der Waals surface area contributed by atoms with Crippen LogP contribution in [-0.4, -0.2) is 22.2 Å². The summed E-state index contributed by atoms with van der Waals surface area (Å²) in [6, 6.07) is 0. The molecule has 0 saturated heterocycles. The lowest BCUT2D eigenvalue weighted by Crippen LogP contribution is -2.33. The second-order valence-corrected chi connectivity index (χ2v) is 5.20. The summed E-state index contributed by atoms with van der Waals surface area (Å²) in [5.74, 6) is -2.10. The maximum atomic E-state index is 11.4. The SMILES string of the molecule is CCC(CC)CC(C)(CC(C)C(=O)O)C(=O)O. The number of hydrogen-bond acceptors (Lipinski definition) is 2. The van der Waals surface area contributed by atoms with Crippen molar-refractivity contribution in [3.63, 3.8) is 0 Å². The Morgan fingerprint density at radius 2 is 1.59 bits per heavy atom. The average Bonchev–Trinajstić information content (AvgIpc) is 2.25. The van der Waals surface area contributed by atoms with E-state index in [4.69, 9.17) is 5.11 Å². The predicted molar refractivity (Wildman–Crippen MR) is 65.8 cm³/mol. The maximum Gasteiger partial charge on any atom is 0.309 e. The summed E-state index contributed by atoms with van der Waals surface area (Å²) in [6.45, 7) is 7.30. The summed E-state index contributed by atoms with van der Waals surface area (Å²) < 4.78 is 0. The topological polar surface area (TPSA) is 74.6 Å². The third-order valence-electron chi connectivity index (χ3n) is 3.59. The molecule has 0 heterocycles. The summed E-state index contributed by atoms with van der Waals surface area (Å²) in [6.07, 6.45) is 2.60. The van der Waals surface area contributed by atoms with Crippen LogP contribution >= 0.6 is 0 Å². The smallest absolute Gasteiger partial charge is 0.309 e. The van der Waals surface area contributed by atoms with Gasteiger partial charge in [-0.3, -0.25) is 9.59 Å². The van der Waals surface area contributed by atoms with Crippen LogP contribution in [0.15, 0.2) is 0 Å². The van der Waals surface area contributed by atoms with E-state index in [0.29, 0.717) is 12.3 Å². The minimum Gasteiger partial charge on any atom is -0.481 e. The van der Waals surface area contributed by atoms with E-state index in [9.17, 15) is 14.7 Å². The van der Waals surface area contributed by atoms with E-state index in [0.717, 1.165) is 12.8 Å². The van der Waals surface area contributed by atoms with Crippen LogP contribution < -0.4 is 0 Å². The molecule has 0 bridgehead atoms. The molecule has 4 nitrogen and oxygen atoms in total. The van der Waals surface area contributed by atoms with E-state index in [1.165, 1.54) is 0 Å². The molecule has 0 saturated carbocycles. The standard InChI is InChI=1S/C13H24O4/c1-5-10(6-2)8-13(4,12(16)17)7-9(3)11(14)15/h9-10H,5-8H2,1-4H3,(H,14,15)(H,16,17). The molecule has 2 N–H and O–H groups in total. The Kier molecular flexibility index (Phi) is 6.21. The van der Waals surface area contributed by atoms with Crippen LogP contribution in [0.1, 0.15) is 53.4 Å². The van der Waals surface area contributed by atoms with Crippen molar-refractivity contribution in [2.24, 2.45) is 17.3 Å². The first-order chi connectivity index (χ1) is 7.76. The molecule has 0 aromatic rings. The van der Waals surface area contributed by atoms with Crippen LogP contribution in [0.5, 0.6) is 0 Å². The third-order valence-corrected chi connectivity index (χ3v) is 3.59. The highest BCUT2D eigenvalue weighted by molar-refractivity contribution is 5.76. The highest BCUT2D eigenvalue weighted by Crippen LogP contribution is 2.35. The van der Waals surface area contributed by atoms with E-state index < -0.39 is 23.3 Å². The highest BCUT2D eigenvalue weighted by Gasteiger charge is 2.37. The van der Waals surface area contributed by atoms with Gasteiger partial charge in [-0.15, -0.1) is 0 Å². The second kappa shape index (κ2) is 6.62. The van der Waals surface area contributed by atoms with Crippen molar-refractivity contribution in [2.75, 3.05) is 0 Å². The second-order valence-electron chi connectivity index (χ2n) is 5.20. The average molecular weight is 244 g/mol. The molecule has 100 valence electrons. The summed E-state index contributed by atoms with van der Waals surface area (Å²) >= 11 is 0. The van der Waals surface area contributed by atoms with Crippen molar-refractivity contribution >= 4 is 11.9 Å². The fourth-order valence-electron chi connectivity index (χ4n) is 2.24. The normalized spacial score (nSPS) is 16.5. The zero-order valence-electron chi connectivity index (χ0n) is 11.2. The zero-order valence-corrected chi connectivity index (χ0v) is 11.2. The molecule has 0 fully saturated rings. The molecule has 0 aliphatic heterocycles. The summed E-state index contributed by atoms with van der Waals surface area (Å²) in [4.78, 5) is 22.2. The van der Waals surface area contributed by atoms with Gasteiger partial charge in [0.25, 0.3) is 0 Å². The van der Waals surface area contributed by atoms with Crippen LogP contribution in [0.3, 0.4) is 0 Å². The molecule has 0 radical (unpaired) electrons. The fourth-order valence-corrected chi connectivity index (χ4v) is 2.24. The van der Waals surface area contributed by atoms with Gasteiger partial charge in [0, 0.05) is 0 Å². The largest absolute Gasteiger partial charge is 0.481 e. The molecule has 0 aliphatic rings. The molecular weight excluding hydrogens is 220 g/mol. The van der Waals surface area contributed by atoms with Gasteiger partial charge in [-0.25, -0.2) is 0 Å². The van der Waals surface area contributed by atoms with E-state index in [2.05, 4.69) is 0 Å². The number of carbonyl (C=O) groups is 2. The molecule has 0 amide bonds. The van der Waals surface area contributed by atoms with Gasteiger partial charge in [0.2, 0.25) is 0 Å². The molecular formula is C13H24O4. The van der Waals surface area contributed by atoms with Gasteiger partial charge in [-0.2, -0.15) is 0 Å². The molecule has 0 spiro atoms. The number of rotatable bonds is 8. The van der Waals surface area contributed by atoms with Crippen molar-refractivity contribution in [2.45, 2.75) is 53.4 Å². The lowest BCUT2D eigenvalue weighted by atomic mass is 9.74. The molecule has 0 aromatic carbocycles. The number of carboxylic acids is 2. The summed E-state index contributed by atoms with van der Waals surface area (Å²) in [5.41, 5.74) is -0.936. The van der Waals surface area contributed by atoms with Crippen molar-refractivity contribution in [1.82, 2.24) is 0 Å². The van der Waals surface area contributed by atoms with Crippen molar-refractivity contribution < 1.29 is 19.8 Å². The number of carboxylic acid groups (broad SMARTS) is 2. The monoisotopic (exact) mass is 244 g/mol. The predicted octanol–water partition coefficient (Wildman–Crippen LogP) is 3.01. The van der Waals surface area contributed by atoms with E-state index >= 15 is 0 Å². The Bertz CT molecular complexity index is 271. The maximum absolute atomic E-state index is 11.4. The minimum absolute atomic E-state index is 0.189. The van der Waals surface area contributed by atoms with Gasteiger partial charge in [-0.05, 0) is 25.7 Å². The lowest BCUT2D eigenvalue weighted by molar-refractivity contribution is -0.152. The Balaban J connectivity index is 4.78. The molecule has 2 atom stereocenters. The Morgan fingerprint density at radius 3 is 1.88 bits per heavy atom. The van der Waals surface area contributed by atoms with Crippen molar-refractivity contribution in [3.8, 4) is 0 Å². The van der Waals surface area contributed by atoms with E-state index in [1.807, 2.05) is 13.8 Å².